The first-order valence-electron chi connectivity index (χ1n) is 5.76. The second-order valence-electron chi connectivity index (χ2n) is 4.08. The monoisotopic (exact) mass is 295 g/mol. The molecule has 8 heteroatoms. The molecule has 0 aliphatic heterocycles. The molecule has 0 saturated heterocycles. The van der Waals surface area contributed by atoms with Crippen LogP contribution in [0.5, 0.6) is 0 Å². The largest absolute Gasteiger partial charge is 0.481 e. The highest BCUT2D eigenvalue weighted by atomic mass is 32.2. The lowest BCUT2D eigenvalue weighted by atomic mass is 10.1. The van der Waals surface area contributed by atoms with Gasteiger partial charge < -0.3 is 5.11 Å². The number of hydrogen-bond acceptors (Lipinski definition) is 4. The van der Waals surface area contributed by atoms with Crippen molar-refractivity contribution < 1.29 is 18.3 Å². The van der Waals surface area contributed by atoms with Gasteiger partial charge in [-0.3, -0.25) is 9.89 Å². The third-order valence-electron chi connectivity index (χ3n) is 2.68. The van der Waals surface area contributed by atoms with Crippen LogP contribution in [-0.4, -0.2) is 29.7 Å². The Balaban J connectivity index is 2.13. The number of sulfonamides is 1. The number of H-pyrrole nitrogens is 1. The molecule has 1 aromatic heterocycles. The Morgan fingerprint density at radius 1 is 1.25 bits per heavy atom. The summed E-state index contributed by atoms with van der Waals surface area (Å²) in [5, 5.41) is 14.7. The van der Waals surface area contributed by atoms with E-state index >= 15 is 0 Å². The number of aromatic nitrogens is 2. The van der Waals surface area contributed by atoms with Crippen LogP contribution in [0.3, 0.4) is 0 Å². The van der Waals surface area contributed by atoms with E-state index in [2.05, 4.69) is 14.9 Å². The predicted molar refractivity (Wildman–Crippen MR) is 70.4 cm³/mol. The Morgan fingerprint density at radius 2 is 1.95 bits per heavy atom. The van der Waals surface area contributed by atoms with Crippen LogP contribution in [0.15, 0.2) is 41.6 Å². The van der Waals surface area contributed by atoms with Gasteiger partial charge in [-0.05, 0) is 17.2 Å². The number of carboxylic acid groups (broad SMARTS) is 1. The molecule has 0 unspecified atom stereocenters. The van der Waals surface area contributed by atoms with Crippen LogP contribution in [0.2, 0.25) is 0 Å². The second kappa shape index (κ2) is 5.85. The van der Waals surface area contributed by atoms with E-state index in [0.717, 1.165) is 0 Å². The van der Waals surface area contributed by atoms with E-state index in [1.54, 1.807) is 24.3 Å². The number of carboxylic acids is 1. The summed E-state index contributed by atoms with van der Waals surface area (Å²) in [7, 11) is -3.68. The third kappa shape index (κ3) is 3.43. The van der Waals surface area contributed by atoms with Gasteiger partial charge in [-0.15, -0.1) is 0 Å². The summed E-state index contributed by atoms with van der Waals surface area (Å²) >= 11 is 0. The number of hydrogen-bond donors (Lipinski definition) is 3. The highest BCUT2D eigenvalue weighted by Crippen LogP contribution is 2.11. The topological polar surface area (TPSA) is 112 Å². The Kier molecular flexibility index (Phi) is 4.16. The number of aliphatic carboxylic acids is 1. The Labute approximate surface area is 115 Å². The first kappa shape index (κ1) is 14.2. The molecule has 0 aliphatic carbocycles. The molecule has 0 spiro atoms. The molecule has 2 rings (SSSR count). The van der Waals surface area contributed by atoms with Crippen molar-refractivity contribution in [1.82, 2.24) is 14.9 Å². The van der Waals surface area contributed by atoms with Gasteiger partial charge in [0.15, 0.2) is 5.03 Å². The van der Waals surface area contributed by atoms with Crippen LogP contribution >= 0.6 is 0 Å². The summed E-state index contributed by atoms with van der Waals surface area (Å²) in [6.45, 7) is 0.0187. The molecule has 0 amide bonds. The summed E-state index contributed by atoms with van der Waals surface area (Å²) in [4.78, 5) is 10.8. The van der Waals surface area contributed by atoms with E-state index in [-0.39, 0.29) is 18.0 Å². The Bertz CT molecular complexity index is 695. The number of rotatable bonds is 6. The summed E-state index contributed by atoms with van der Waals surface area (Å²) in [5.74, 6) is -0.964. The lowest BCUT2D eigenvalue weighted by Gasteiger charge is -2.09. The number of aromatic amines is 1. The summed E-state index contributed by atoms with van der Waals surface area (Å²) < 4.78 is 26.2. The van der Waals surface area contributed by atoms with Gasteiger partial charge in [0, 0.05) is 6.54 Å². The van der Waals surface area contributed by atoms with Crippen molar-refractivity contribution >= 4 is 16.0 Å². The van der Waals surface area contributed by atoms with Crippen molar-refractivity contribution in [2.24, 2.45) is 0 Å². The molecule has 7 nitrogen and oxygen atoms in total. The quantitative estimate of drug-likeness (QED) is 0.719. The second-order valence-corrected chi connectivity index (χ2v) is 5.82. The average Bonchev–Trinajstić information content (AvgIpc) is 2.92. The summed E-state index contributed by atoms with van der Waals surface area (Å²) in [6.07, 6.45) is 1.19. The minimum Gasteiger partial charge on any atom is -0.481 e. The minimum atomic E-state index is -3.68. The van der Waals surface area contributed by atoms with Crippen LogP contribution in [0.25, 0.3) is 0 Å². The van der Waals surface area contributed by atoms with E-state index < -0.39 is 16.0 Å². The SMILES string of the molecule is O=C(O)Cc1ccccc1CNS(=O)(=O)c1ccn[nH]1. The summed E-state index contributed by atoms with van der Waals surface area (Å²) in [5.41, 5.74) is 1.20. The molecular weight excluding hydrogens is 282 g/mol. The van der Waals surface area contributed by atoms with Gasteiger partial charge in [-0.2, -0.15) is 5.10 Å². The smallest absolute Gasteiger partial charge is 0.307 e. The number of nitrogens with one attached hydrogen (secondary N) is 2. The molecule has 0 atom stereocenters. The summed E-state index contributed by atoms with van der Waals surface area (Å²) in [6, 6.07) is 8.13. The predicted octanol–water partition coefficient (Wildman–Crippen LogP) is 0.515. The van der Waals surface area contributed by atoms with Gasteiger partial charge in [0.25, 0.3) is 10.0 Å². The zero-order valence-electron chi connectivity index (χ0n) is 10.4. The maximum atomic E-state index is 11.9. The van der Waals surface area contributed by atoms with Crippen molar-refractivity contribution in [2.75, 3.05) is 0 Å². The van der Waals surface area contributed by atoms with Crippen molar-refractivity contribution in [3.8, 4) is 0 Å². The van der Waals surface area contributed by atoms with E-state index in [0.29, 0.717) is 11.1 Å². The fourth-order valence-electron chi connectivity index (χ4n) is 1.71. The van der Waals surface area contributed by atoms with Gasteiger partial charge in [-0.1, -0.05) is 24.3 Å². The Hall–Kier alpha value is -2.19. The number of benzene rings is 1. The van der Waals surface area contributed by atoms with Crippen LogP contribution in [-0.2, 0) is 27.8 Å². The lowest BCUT2D eigenvalue weighted by molar-refractivity contribution is -0.136. The molecule has 3 N–H and O–H groups in total. The van der Waals surface area contributed by atoms with Crippen molar-refractivity contribution in [3.05, 3.63) is 47.7 Å². The zero-order chi connectivity index (χ0) is 14.6. The average molecular weight is 295 g/mol. The molecule has 0 saturated carbocycles. The zero-order valence-corrected chi connectivity index (χ0v) is 11.2. The number of nitrogens with zero attached hydrogens (tertiary/aromatic N) is 1. The highest BCUT2D eigenvalue weighted by molar-refractivity contribution is 7.89. The van der Waals surface area contributed by atoms with Crippen molar-refractivity contribution in [2.45, 2.75) is 18.0 Å². The van der Waals surface area contributed by atoms with E-state index in [1.807, 2.05) is 0 Å². The van der Waals surface area contributed by atoms with Crippen LogP contribution in [0, 0.1) is 0 Å². The van der Waals surface area contributed by atoms with E-state index in [9.17, 15) is 13.2 Å². The maximum Gasteiger partial charge on any atom is 0.307 e. The fraction of sp³-hybridized carbons (Fsp3) is 0.167. The first-order chi connectivity index (χ1) is 9.49. The molecule has 1 heterocycles. The minimum absolute atomic E-state index is 0.0187. The van der Waals surface area contributed by atoms with Gasteiger partial charge in [-0.25, -0.2) is 13.1 Å². The van der Waals surface area contributed by atoms with Gasteiger partial charge >= 0.3 is 5.97 Å². The highest BCUT2D eigenvalue weighted by Gasteiger charge is 2.16. The third-order valence-corrected chi connectivity index (χ3v) is 4.01. The molecule has 20 heavy (non-hydrogen) atoms. The standard InChI is InChI=1S/C12H13N3O4S/c16-12(17)7-9-3-1-2-4-10(9)8-14-20(18,19)11-5-6-13-15-11/h1-6,14H,7-8H2,(H,13,15)(H,16,17). The molecule has 0 bridgehead atoms. The maximum absolute atomic E-state index is 11.9. The van der Waals surface area contributed by atoms with E-state index in [1.165, 1.54) is 12.3 Å². The molecular formula is C12H13N3O4S. The first-order valence-corrected chi connectivity index (χ1v) is 7.25. The molecule has 0 aliphatic rings. The normalized spacial score (nSPS) is 11.4. The van der Waals surface area contributed by atoms with Gasteiger partial charge in [0.05, 0.1) is 12.6 Å². The lowest BCUT2D eigenvalue weighted by Crippen LogP contribution is -2.24. The van der Waals surface area contributed by atoms with Crippen LogP contribution in [0.4, 0.5) is 0 Å². The fourth-order valence-corrected chi connectivity index (χ4v) is 2.62. The Morgan fingerprint density at radius 3 is 2.55 bits per heavy atom. The van der Waals surface area contributed by atoms with Crippen LogP contribution in [0.1, 0.15) is 11.1 Å². The van der Waals surface area contributed by atoms with Gasteiger partial charge in [0.1, 0.15) is 0 Å². The molecule has 0 radical (unpaired) electrons. The molecule has 0 fully saturated rings. The van der Waals surface area contributed by atoms with Crippen molar-refractivity contribution in [3.63, 3.8) is 0 Å². The van der Waals surface area contributed by atoms with E-state index in [4.69, 9.17) is 5.11 Å². The molecule has 106 valence electrons. The number of carbonyl (C=O) groups is 1. The van der Waals surface area contributed by atoms with Gasteiger partial charge in [0.2, 0.25) is 0 Å². The molecule has 1 aromatic carbocycles. The molecule has 2 aromatic rings. The van der Waals surface area contributed by atoms with Crippen molar-refractivity contribution in [1.29, 1.82) is 0 Å². The van der Waals surface area contributed by atoms with Crippen LogP contribution < -0.4 is 4.72 Å².